The number of hydrogen-bond donors (Lipinski definition) is 1. The van der Waals surface area contributed by atoms with Gasteiger partial charge in [0.25, 0.3) is 0 Å². The van der Waals surface area contributed by atoms with E-state index in [9.17, 15) is 4.79 Å². The maximum absolute atomic E-state index is 10.9. The van der Waals surface area contributed by atoms with Crippen molar-refractivity contribution in [1.82, 2.24) is 0 Å². The molecule has 2 aliphatic rings. The minimum absolute atomic E-state index is 0.489. The van der Waals surface area contributed by atoms with Gasteiger partial charge in [0, 0.05) is 0 Å². The molecular weight excluding hydrogens is 176 g/mol. The van der Waals surface area contributed by atoms with E-state index < -0.39 is 11.9 Å². The van der Waals surface area contributed by atoms with Crippen molar-refractivity contribution in [3.63, 3.8) is 0 Å². The van der Waals surface area contributed by atoms with Gasteiger partial charge in [0.2, 0.25) is 0 Å². The summed E-state index contributed by atoms with van der Waals surface area (Å²) >= 11 is 0. The number of aliphatic carboxylic acids is 1. The quantitative estimate of drug-likeness (QED) is 0.681. The Labute approximate surface area is 82.2 Å². The van der Waals surface area contributed by atoms with Crippen molar-refractivity contribution < 1.29 is 9.90 Å². The van der Waals surface area contributed by atoms with E-state index in [0.717, 1.165) is 11.1 Å². The first-order valence-electron chi connectivity index (χ1n) is 4.45. The summed E-state index contributed by atoms with van der Waals surface area (Å²) in [5, 5.41) is 8.95. The summed E-state index contributed by atoms with van der Waals surface area (Å²) in [4.78, 5) is 10.9. The fourth-order valence-electron chi connectivity index (χ4n) is 1.59. The minimum atomic E-state index is -0.797. The normalized spacial score (nSPS) is 30.4. The van der Waals surface area contributed by atoms with Gasteiger partial charge in [-0.1, -0.05) is 48.6 Å². The van der Waals surface area contributed by atoms with Crippen molar-refractivity contribution in [3.05, 3.63) is 59.8 Å². The molecule has 2 aliphatic carbocycles. The molecule has 2 nitrogen and oxygen atoms in total. The molecule has 70 valence electrons. The largest absolute Gasteiger partial charge is 0.481 e. The van der Waals surface area contributed by atoms with Crippen molar-refractivity contribution in [2.45, 2.75) is 0 Å². The third-order valence-electron chi connectivity index (χ3n) is 2.29. The second-order valence-corrected chi connectivity index (χ2v) is 3.19. The van der Waals surface area contributed by atoms with Gasteiger partial charge in [-0.2, -0.15) is 0 Å². The van der Waals surface area contributed by atoms with Gasteiger partial charge in [0.05, 0.1) is 0 Å². The minimum Gasteiger partial charge on any atom is -0.481 e. The average Bonchev–Trinajstić information content (AvgIpc) is 2.47. The molecule has 0 saturated heterocycles. The van der Waals surface area contributed by atoms with E-state index in [0.29, 0.717) is 0 Å². The second kappa shape index (κ2) is 3.50. The van der Waals surface area contributed by atoms with Crippen LogP contribution in [-0.2, 0) is 4.79 Å². The molecule has 2 heteroatoms. The first kappa shape index (κ1) is 8.75. The van der Waals surface area contributed by atoms with Crippen LogP contribution in [0.3, 0.4) is 0 Å². The van der Waals surface area contributed by atoms with Crippen molar-refractivity contribution in [3.8, 4) is 0 Å². The lowest BCUT2D eigenvalue weighted by Crippen LogP contribution is -2.10. The highest BCUT2D eigenvalue weighted by atomic mass is 16.4. The Morgan fingerprint density at radius 2 is 1.79 bits per heavy atom. The Morgan fingerprint density at radius 3 is 2.50 bits per heavy atom. The monoisotopic (exact) mass is 186 g/mol. The second-order valence-electron chi connectivity index (χ2n) is 3.19. The van der Waals surface area contributed by atoms with Crippen LogP contribution < -0.4 is 0 Å². The van der Waals surface area contributed by atoms with Crippen LogP contribution in [0.5, 0.6) is 0 Å². The van der Waals surface area contributed by atoms with Crippen LogP contribution in [0.25, 0.3) is 0 Å². The van der Waals surface area contributed by atoms with Gasteiger partial charge in [-0.3, -0.25) is 4.79 Å². The first-order valence-corrected chi connectivity index (χ1v) is 4.45. The molecule has 0 aromatic heterocycles. The molecule has 0 aliphatic heterocycles. The van der Waals surface area contributed by atoms with Crippen LogP contribution in [0.1, 0.15) is 0 Å². The zero-order chi connectivity index (χ0) is 9.97. The predicted octanol–water partition coefficient (Wildman–Crippen LogP) is 2.24. The van der Waals surface area contributed by atoms with E-state index in [-0.39, 0.29) is 0 Å². The summed E-state index contributed by atoms with van der Waals surface area (Å²) in [7, 11) is 0. The summed E-state index contributed by atoms with van der Waals surface area (Å²) in [6.45, 7) is 0. The molecule has 0 aromatic rings. The third-order valence-corrected chi connectivity index (χ3v) is 2.29. The summed E-state index contributed by atoms with van der Waals surface area (Å²) < 4.78 is 0. The Hall–Kier alpha value is -1.83. The molecule has 1 unspecified atom stereocenters. The van der Waals surface area contributed by atoms with Crippen molar-refractivity contribution in [2.24, 2.45) is 5.92 Å². The highest BCUT2D eigenvalue weighted by Crippen LogP contribution is 2.28. The molecule has 2 rings (SSSR count). The van der Waals surface area contributed by atoms with E-state index in [2.05, 4.69) is 0 Å². The summed E-state index contributed by atoms with van der Waals surface area (Å²) in [6, 6.07) is 0. The fourth-order valence-corrected chi connectivity index (χ4v) is 1.59. The van der Waals surface area contributed by atoms with Gasteiger partial charge >= 0.3 is 5.97 Å². The van der Waals surface area contributed by atoms with Gasteiger partial charge in [0.1, 0.15) is 5.92 Å². The SMILES string of the molecule is O=C(O)C1C=CC2=C1\C=C/C=C\C=C/2. The smallest absolute Gasteiger partial charge is 0.314 e. The average molecular weight is 186 g/mol. The Morgan fingerprint density at radius 1 is 1.07 bits per heavy atom. The van der Waals surface area contributed by atoms with Crippen LogP contribution in [0.2, 0.25) is 0 Å². The van der Waals surface area contributed by atoms with E-state index in [1.54, 1.807) is 6.08 Å². The molecule has 1 atom stereocenters. The molecular formula is C12H10O2. The maximum atomic E-state index is 10.9. The van der Waals surface area contributed by atoms with E-state index >= 15 is 0 Å². The van der Waals surface area contributed by atoms with E-state index in [4.69, 9.17) is 5.11 Å². The lowest BCUT2D eigenvalue weighted by Gasteiger charge is -2.06. The number of allylic oxidation sites excluding steroid dienone is 8. The highest BCUT2D eigenvalue weighted by Gasteiger charge is 2.23. The van der Waals surface area contributed by atoms with Crippen molar-refractivity contribution in [1.29, 1.82) is 0 Å². The van der Waals surface area contributed by atoms with Crippen molar-refractivity contribution >= 4 is 5.97 Å². The first-order chi connectivity index (χ1) is 6.79. The Balaban J connectivity index is 2.40. The predicted molar refractivity (Wildman–Crippen MR) is 54.7 cm³/mol. The molecule has 1 N–H and O–H groups in total. The number of carbonyl (C=O) groups is 1. The molecule has 0 fully saturated rings. The fraction of sp³-hybridized carbons (Fsp3) is 0.0833. The van der Waals surface area contributed by atoms with Crippen molar-refractivity contribution in [2.75, 3.05) is 0 Å². The van der Waals surface area contributed by atoms with Crippen LogP contribution in [0.15, 0.2) is 59.8 Å². The number of carboxylic acid groups (broad SMARTS) is 1. The molecule has 0 heterocycles. The van der Waals surface area contributed by atoms with Gasteiger partial charge < -0.3 is 5.11 Å². The van der Waals surface area contributed by atoms with Gasteiger partial charge in [-0.15, -0.1) is 0 Å². The van der Waals surface area contributed by atoms with Crippen LogP contribution in [0.4, 0.5) is 0 Å². The van der Waals surface area contributed by atoms with Gasteiger partial charge in [-0.25, -0.2) is 0 Å². The molecule has 0 bridgehead atoms. The zero-order valence-corrected chi connectivity index (χ0v) is 7.55. The summed E-state index contributed by atoms with van der Waals surface area (Å²) in [6.07, 6.45) is 14.9. The molecule has 0 saturated carbocycles. The maximum Gasteiger partial charge on any atom is 0.314 e. The molecule has 0 amide bonds. The lowest BCUT2D eigenvalue weighted by atomic mass is 9.99. The summed E-state index contributed by atoms with van der Waals surface area (Å²) in [5.74, 6) is -1.29. The Bertz CT molecular complexity index is 406. The standard InChI is InChI=1S/C12H10O2/c13-12(14)11-8-7-9-5-3-1-2-4-6-10(9)11/h1-8,11H,(H,13,14)/b2-1-,3-1?,4-2?,5-3-,6-4-,9-5?,10-6?. The molecule has 0 spiro atoms. The van der Waals surface area contributed by atoms with Crippen LogP contribution in [0, 0.1) is 5.92 Å². The Kier molecular flexibility index (Phi) is 2.19. The van der Waals surface area contributed by atoms with E-state index in [1.165, 1.54) is 0 Å². The highest BCUT2D eigenvalue weighted by molar-refractivity contribution is 5.80. The zero-order valence-electron chi connectivity index (χ0n) is 7.55. The van der Waals surface area contributed by atoms with Gasteiger partial charge in [0.15, 0.2) is 0 Å². The lowest BCUT2D eigenvalue weighted by molar-refractivity contribution is -0.138. The molecule has 14 heavy (non-hydrogen) atoms. The third kappa shape index (κ3) is 1.46. The number of hydrogen-bond acceptors (Lipinski definition) is 1. The number of carboxylic acids is 1. The number of rotatable bonds is 1. The topological polar surface area (TPSA) is 37.3 Å². The summed E-state index contributed by atoms with van der Waals surface area (Å²) in [5.41, 5.74) is 1.84. The van der Waals surface area contributed by atoms with Crippen LogP contribution in [-0.4, -0.2) is 11.1 Å². The van der Waals surface area contributed by atoms with E-state index in [1.807, 2.05) is 42.5 Å². The van der Waals surface area contributed by atoms with Crippen LogP contribution >= 0.6 is 0 Å². The molecule has 0 radical (unpaired) electrons. The molecule has 0 aromatic carbocycles. The van der Waals surface area contributed by atoms with Gasteiger partial charge in [-0.05, 0) is 11.1 Å².